The average Bonchev–Trinajstić information content (AvgIpc) is 3.46. The van der Waals surface area contributed by atoms with Crippen LogP contribution in [0.2, 0.25) is 0 Å². The van der Waals surface area contributed by atoms with E-state index in [1.807, 2.05) is 18.7 Å². The minimum atomic E-state index is -0.272. The Kier molecular flexibility index (Phi) is 8.67. The molecule has 3 aliphatic rings. The number of aliphatic imine (C=N–C) groups is 1. The van der Waals surface area contributed by atoms with Crippen molar-refractivity contribution >= 4 is 34.8 Å². The van der Waals surface area contributed by atoms with Crippen LogP contribution in [0, 0.1) is 12.3 Å². The summed E-state index contributed by atoms with van der Waals surface area (Å²) in [5.41, 5.74) is 1.75. The molecule has 1 saturated carbocycles. The Morgan fingerprint density at radius 1 is 1.21 bits per heavy atom. The zero-order valence-electron chi connectivity index (χ0n) is 22.6. The van der Waals surface area contributed by atoms with Gasteiger partial charge < -0.3 is 20.9 Å². The molecule has 4 N–H and O–H groups in total. The van der Waals surface area contributed by atoms with Gasteiger partial charge in [0.25, 0.3) is 5.56 Å². The van der Waals surface area contributed by atoms with E-state index < -0.39 is 0 Å². The van der Waals surface area contributed by atoms with E-state index in [0.717, 1.165) is 51.9 Å². The number of piperazine rings is 1. The molecule has 38 heavy (non-hydrogen) atoms. The molecule has 0 bridgehead atoms. The zero-order chi connectivity index (χ0) is 27.2. The fraction of sp³-hybridized carbons (Fsp3) is 0.481. The number of Topliss-reactive ketones (excluding diaryl/α,β-unsaturated/α-hetero) is 1. The monoisotopic (exact) mass is 519 g/mol. The van der Waals surface area contributed by atoms with Crippen molar-refractivity contribution in [2.75, 3.05) is 31.5 Å². The lowest BCUT2D eigenvalue weighted by Crippen LogP contribution is -2.45. The number of amidine groups is 1. The van der Waals surface area contributed by atoms with E-state index in [4.69, 9.17) is 10.4 Å². The zero-order valence-corrected chi connectivity index (χ0v) is 22.6. The molecule has 0 radical (unpaired) electrons. The predicted molar refractivity (Wildman–Crippen MR) is 151 cm³/mol. The Morgan fingerprint density at radius 3 is 2.55 bits per heavy atom. The molecule has 2 aromatic heterocycles. The van der Waals surface area contributed by atoms with Gasteiger partial charge >= 0.3 is 0 Å². The van der Waals surface area contributed by atoms with Crippen LogP contribution in [0.1, 0.15) is 68.4 Å². The van der Waals surface area contributed by atoms with Gasteiger partial charge in [-0.1, -0.05) is 26.7 Å². The van der Waals surface area contributed by atoms with Gasteiger partial charge in [0.1, 0.15) is 17.3 Å². The maximum atomic E-state index is 13.4. The van der Waals surface area contributed by atoms with Crippen LogP contribution < -0.4 is 21.5 Å². The van der Waals surface area contributed by atoms with Crippen molar-refractivity contribution in [3.63, 3.8) is 0 Å². The summed E-state index contributed by atoms with van der Waals surface area (Å²) in [7, 11) is 0. The number of rotatable bonds is 5. The van der Waals surface area contributed by atoms with Crippen molar-refractivity contribution in [1.29, 1.82) is 5.41 Å². The normalized spacial score (nSPS) is 18.6. The van der Waals surface area contributed by atoms with E-state index >= 15 is 0 Å². The predicted octanol–water partition coefficient (Wildman–Crippen LogP) is 3.09. The van der Waals surface area contributed by atoms with E-state index in [1.54, 1.807) is 36.2 Å². The highest BCUT2D eigenvalue weighted by Crippen LogP contribution is 2.31. The molecule has 0 spiro atoms. The molecule has 2 aromatic rings. The Balaban J connectivity index is 0.00000164. The third-order valence-electron chi connectivity index (χ3n) is 6.96. The lowest BCUT2D eigenvalue weighted by atomic mass is 10.0. The van der Waals surface area contributed by atoms with Crippen LogP contribution in [0.3, 0.4) is 0 Å². The number of pyridine rings is 1. The van der Waals surface area contributed by atoms with Crippen LogP contribution >= 0.6 is 0 Å². The first-order chi connectivity index (χ1) is 18.4. The first-order valence-corrected chi connectivity index (χ1v) is 13.4. The number of ketones is 1. The summed E-state index contributed by atoms with van der Waals surface area (Å²) >= 11 is 0. The van der Waals surface area contributed by atoms with Gasteiger partial charge in [-0.25, -0.2) is 9.98 Å². The maximum Gasteiger partial charge on any atom is 0.263 e. The van der Waals surface area contributed by atoms with Crippen molar-refractivity contribution in [3.8, 4) is 0 Å². The first-order valence-electron chi connectivity index (χ1n) is 13.4. The van der Waals surface area contributed by atoms with Crippen LogP contribution in [0.25, 0.3) is 11.0 Å². The summed E-state index contributed by atoms with van der Waals surface area (Å²) in [6, 6.07) is 0.0253. The fourth-order valence-electron chi connectivity index (χ4n) is 5.08. The van der Waals surface area contributed by atoms with Gasteiger partial charge in [0.2, 0.25) is 5.95 Å². The summed E-state index contributed by atoms with van der Waals surface area (Å²) in [5, 5.41) is 18.5. The van der Waals surface area contributed by atoms with Crippen molar-refractivity contribution in [3.05, 3.63) is 51.5 Å². The second-order valence-electron chi connectivity index (χ2n) is 9.38. The summed E-state index contributed by atoms with van der Waals surface area (Å²) in [5.74, 6) is 1.09. The quantitative estimate of drug-likeness (QED) is 0.268. The summed E-state index contributed by atoms with van der Waals surface area (Å²) < 4.78 is 1.70. The number of fused-ring (bicyclic) bond motifs is 1. The molecule has 0 unspecified atom stereocenters. The molecular formula is C27H37N9O2. The number of nitrogens with one attached hydrogen (secondary N) is 4. The van der Waals surface area contributed by atoms with E-state index in [1.165, 1.54) is 6.92 Å². The van der Waals surface area contributed by atoms with Crippen LogP contribution in [0.5, 0.6) is 0 Å². The van der Waals surface area contributed by atoms with Gasteiger partial charge in [0.05, 0.1) is 17.5 Å². The Morgan fingerprint density at radius 2 is 1.92 bits per heavy atom. The van der Waals surface area contributed by atoms with E-state index in [2.05, 4.69) is 25.9 Å². The molecule has 1 aliphatic carbocycles. The highest BCUT2D eigenvalue weighted by atomic mass is 16.1. The topological polar surface area (TPSA) is 140 Å². The minimum absolute atomic E-state index is 0.0253. The number of aryl methyl sites for hydroxylation is 1. The molecule has 2 fully saturated rings. The molecule has 11 heteroatoms. The van der Waals surface area contributed by atoms with Gasteiger partial charge in [0, 0.05) is 56.1 Å². The third kappa shape index (κ3) is 5.67. The number of aromatic nitrogens is 3. The number of hydrogen-bond donors (Lipinski definition) is 4. The van der Waals surface area contributed by atoms with E-state index in [0.29, 0.717) is 39.9 Å². The highest BCUT2D eigenvalue weighted by Gasteiger charge is 2.26. The third-order valence-corrected chi connectivity index (χ3v) is 6.96. The maximum absolute atomic E-state index is 13.4. The molecule has 0 atom stereocenters. The van der Waals surface area contributed by atoms with Gasteiger partial charge in [0.15, 0.2) is 5.78 Å². The smallest absolute Gasteiger partial charge is 0.263 e. The van der Waals surface area contributed by atoms with Gasteiger partial charge in [-0.05, 0) is 32.3 Å². The molecule has 2 aliphatic heterocycles. The lowest BCUT2D eigenvalue weighted by molar-refractivity contribution is 0.101. The van der Waals surface area contributed by atoms with Gasteiger partial charge in [-0.2, -0.15) is 4.98 Å². The number of carbonyl (C=O) groups is 1. The van der Waals surface area contributed by atoms with E-state index in [9.17, 15) is 9.59 Å². The minimum Gasteiger partial charge on any atom is -0.354 e. The largest absolute Gasteiger partial charge is 0.354 e. The lowest BCUT2D eigenvalue weighted by Gasteiger charge is -2.28. The number of allylic oxidation sites excluding steroid dienone is 1. The van der Waals surface area contributed by atoms with Crippen molar-refractivity contribution in [1.82, 2.24) is 30.1 Å². The van der Waals surface area contributed by atoms with Gasteiger partial charge in [-0.15, -0.1) is 0 Å². The molecular weight excluding hydrogens is 482 g/mol. The number of nitrogens with zero attached hydrogens (tertiary/aromatic N) is 5. The number of hydrogen-bond acceptors (Lipinski definition) is 9. The van der Waals surface area contributed by atoms with E-state index in [-0.39, 0.29) is 22.9 Å². The van der Waals surface area contributed by atoms with Crippen LogP contribution in [0.15, 0.2) is 39.8 Å². The van der Waals surface area contributed by atoms with Crippen molar-refractivity contribution < 1.29 is 4.79 Å². The molecule has 1 saturated heterocycles. The first kappa shape index (κ1) is 27.2. The van der Waals surface area contributed by atoms with Crippen LogP contribution in [-0.2, 0) is 0 Å². The van der Waals surface area contributed by atoms with Crippen molar-refractivity contribution in [2.45, 2.75) is 59.4 Å². The molecule has 202 valence electrons. The Bertz CT molecular complexity index is 1360. The second kappa shape index (κ2) is 12.1. The molecule has 5 rings (SSSR count). The van der Waals surface area contributed by atoms with Crippen molar-refractivity contribution in [2.24, 2.45) is 4.99 Å². The SMILES string of the molecule is CC.CC(=O)c1c(C)c2cnc(NC3=CN/C(=C\C(=N)N4CCNCC4)N=C3)nc2n(C2CCCC2)c1=O. The van der Waals surface area contributed by atoms with Crippen LogP contribution in [0.4, 0.5) is 5.95 Å². The molecule has 0 aromatic carbocycles. The summed E-state index contributed by atoms with van der Waals surface area (Å²) in [6.45, 7) is 10.5. The Labute approximate surface area is 222 Å². The molecule has 11 nitrogen and oxygen atoms in total. The standard InChI is InChI=1S/C25H31N9O2.C2H6/c1-15-19-14-30-25(32-23(19)34(18-5-3-4-6-18)24(36)22(15)16(2)35)31-17-12-28-21(29-13-17)11-20(26)33-9-7-27-8-10-33;1-2/h11-14,18,26-28H,3-10H2,1-2H3,(H,30,31,32);1-2H3/b21-11+,26-20?;. The highest BCUT2D eigenvalue weighted by molar-refractivity contribution is 5.99. The molecule has 0 amide bonds. The average molecular weight is 520 g/mol. The van der Waals surface area contributed by atoms with Crippen LogP contribution in [-0.4, -0.2) is 63.4 Å². The van der Waals surface area contributed by atoms with Gasteiger partial charge in [-0.3, -0.25) is 19.6 Å². The number of anilines is 1. The second-order valence-corrected chi connectivity index (χ2v) is 9.38. The Hall–Kier alpha value is -3.86. The summed E-state index contributed by atoms with van der Waals surface area (Å²) in [6.07, 6.45) is 10.7. The number of carbonyl (C=O) groups excluding carboxylic acids is 1. The summed E-state index contributed by atoms with van der Waals surface area (Å²) in [4.78, 5) is 41.2. The molecule has 4 heterocycles. The fourth-order valence-corrected chi connectivity index (χ4v) is 5.08.